The zero-order chi connectivity index (χ0) is 17.0. The summed E-state index contributed by atoms with van der Waals surface area (Å²) in [6.07, 6.45) is 0. The summed E-state index contributed by atoms with van der Waals surface area (Å²) >= 11 is 5.16. The number of benzene rings is 2. The van der Waals surface area contributed by atoms with Gasteiger partial charge in [0.15, 0.2) is 0 Å². The van der Waals surface area contributed by atoms with Crippen LogP contribution in [-0.2, 0) is 0 Å². The summed E-state index contributed by atoms with van der Waals surface area (Å²) in [7, 11) is 0. The monoisotopic (exact) mass is 396 g/mol. The molecule has 0 heterocycles. The molecule has 0 aliphatic heterocycles. The van der Waals surface area contributed by atoms with E-state index in [1.54, 1.807) is 24.3 Å². The van der Waals surface area contributed by atoms with Crippen molar-refractivity contribution in [3.05, 3.63) is 71.8 Å². The first kappa shape index (κ1) is 32.3. The van der Waals surface area contributed by atoms with Gasteiger partial charge in [-0.2, -0.15) is 0 Å². The molecule has 7 heteroatoms. The second kappa shape index (κ2) is 18.4. The summed E-state index contributed by atoms with van der Waals surface area (Å²) < 4.78 is 0. The van der Waals surface area contributed by atoms with Crippen molar-refractivity contribution in [3.63, 3.8) is 0 Å². The van der Waals surface area contributed by atoms with E-state index in [0.717, 1.165) is 0 Å². The third-order valence-corrected chi connectivity index (χ3v) is 2.59. The van der Waals surface area contributed by atoms with Gasteiger partial charge in [-0.1, -0.05) is 66.2 Å². The molecule has 2 aromatic carbocycles. The average Bonchev–Trinajstić information content (AvgIpc) is 2.49. The minimum absolute atomic E-state index is 0. The third kappa shape index (κ3) is 21.5. The van der Waals surface area contributed by atoms with Gasteiger partial charge in [-0.15, -0.1) is 12.4 Å². The predicted molar refractivity (Wildman–Crippen MR) is 104 cm³/mol. The van der Waals surface area contributed by atoms with Gasteiger partial charge < -0.3 is 5.48 Å². The number of hydrogen-bond acceptors (Lipinski definition) is 4. The number of carbonyl (C=O) groups excluding carboxylic acids is 1. The molecule has 0 spiro atoms. The Balaban J connectivity index is -0.000000128. The van der Waals surface area contributed by atoms with E-state index in [4.69, 9.17) is 17.4 Å². The normalized spacial score (nSPS) is 8.56. The maximum Gasteiger partial charge on any atom is 1.00 e. The van der Waals surface area contributed by atoms with Crippen molar-refractivity contribution in [3.8, 4) is 0 Å². The number of rotatable bonds is 1. The fourth-order valence-corrected chi connectivity index (χ4v) is 1.23. The molecule has 0 aliphatic carbocycles. The predicted octanol–water partition coefficient (Wildman–Crippen LogP) is 1.56. The van der Waals surface area contributed by atoms with Gasteiger partial charge in [0.05, 0.1) is 0 Å². The zero-order valence-electron chi connectivity index (χ0n) is 15.5. The second-order valence-corrected chi connectivity index (χ2v) is 6.03. The Labute approximate surface area is 184 Å². The van der Waals surface area contributed by atoms with Gasteiger partial charge in [-0.25, -0.2) is 0 Å². The third-order valence-electron chi connectivity index (χ3n) is 2.37. The van der Waals surface area contributed by atoms with E-state index in [1.807, 2.05) is 45.0 Å². The summed E-state index contributed by atoms with van der Waals surface area (Å²) in [6, 6.07) is 19.0. The Morgan fingerprint density at radius 1 is 0.960 bits per heavy atom. The van der Waals surface area contributed by atoms with E-state index in [2.05, 4.69) is 24.5 Å². The fraction of sp³-hybridized carbons (Fsp3) is 0.278. The molecule has 0 aromatic heterocycles. The molecule has 0 atom stereocenters. The first-order valence-electron chi connectivity index (χ1n) is 7.00. The van der Waals surface area contributed by atoms with E-state index < -0.39 is 5.24 Å². The molecule has 0 amide bonds. The van der Waals surface area contributed by atoms with Gasteiger partial charge in [0.2, 0.25) is 0 Å². The molecule has 0 saturated heterocycles. The van der Waals surface area contributed by atoms with Gasteiger partial charge >= 0.3 is 29.6 Å². The van der Waals surface area contributed by atoms with Crippen LogP contribution in [0.15, 0.2) is 60.7 Å². The van der Waals surface area contributed by atoms with Crippen LogP contribution >= 0.6 is 24.0 Å². The largest absolute Gasteiger partial charge is 1.00 e. The minimum atomic E-state index is -0.407. The van der Waals surface area contributed by atoms with Crippen molar-refractivity contribution in [1.29, 1.82) is 0 Å². The van der Waals surface area contributed by atoms with Crippen LogP contribution < -0.4 is 40.8 Å². The van der Waals surface area contributed by atoms with Crippen molar-refractivity contribution < 1.29 is 39.8 Å². The van der Waals surface area contributed by atoms with Crippen LogP contribution in [0.1, 0.15) is 36.7 Å². The molecule has 0 bridgehead atoms. The van der Waals surface area contributed by atoms with E-state index in [-0.39, 0.29) is 53.0 Å². The Hall–Kier alpha value is -0.430. The van der Waals surface area contributed by atoms with Crippen LogP contribution in [0.3, 0.4) is 0 Å². The number of carbonyl (C=O) groups is 1. The van der Waals surface area contributed by atoms with Crippen molar-refractivity contribution in [2.24, 2.45) is 5.84 Å². The Morgan fingerprint density at radius 2 is 1.28 bits per heavy atom. The van der Waals surface area contributed by atoms with Crippen molar-refractivity contribution in [2.45, 2.75) is 33.2 Å². The van der Waals surface area contributed by atoms with Crippen molar-refractivity contribution >= 4 is 29.3 Å². The zero-order valence-corrected chi connectivity index (χ0v) is 19.1. The van der Waals surface area contributed by atoms with Crippen LogP contribution in [-0.4, -0.2) is 16.3 Å². The molecule has 136 valence electrons. The Morgan fingerprint density at radius 3 is 1.44 bits per heavy atom. The van der Waals surface area contributed by atoms with Gasteiger partial charge in [0.25, 0.3) is 5.24 Å². The van der Waals surface area contributed by atoms with Gasteiger partial charge in [-0.3, -0.25) is 16.1 Å². The molecule has 4 nitrogen and oxygen atoms in total. The number of hydrazine groups is 1. The summed E-state index contributed by atoms with van der Waals surface area (Å²) in [4.78, 5) is 10.4. The van der Waals surface area contributed by atoms with E-state index >= 15 is 0 Å². The van der Waals surface area contributed by atoms with E-state index in [1.165, 1.54) is 5.56 Å². The van der Waals surface area contributed by atoms with Crippen LogP contribution in [0.2, 0.25) is 0 Å². The molecule has 4 N–H and O–H groups in total. The van der Waals surface area contributed by atoms with E-state index in [9.17, 15) is 4.79 Å². The van der Waals surface area contributed by atoms with Crippen molar-refractivity contribution in [2.75, 3.05) is 0 Å². The maximum absolute atomic E-state index is 10.4. The van der Waals surface area contributed by atoms with Crippen molar-refractivity contribution in [1.82, 2.24) is 5.43 Å². The topological polar surface area (TPSA) is 85.1 Å². The smallest absolute Gasteiger partial charge is 0.870 e. The minimum Gasteiger partial charge on any atom is -0.870 e. The number of nitrogens with two attached hydrogens (primary N) is 1. The summed E-state index contributed by atoms with van der Waals surface area (Å²) in [6.45, 7) is 8.10. The average molecular weight is 397 g/mol. The fourth-order valence-electron chi connectivity index (χ4n) is 1.10. The quantitative estimate of drug-likeness (QED) is 0.331. The second-order valence-electron chi connectivity index (χ2n) is 5.69. The molecule has 0 radical (unpaired) electrons. The number of halogens is 2. The summed E-state index contributed by atoms with van der Waals surface area (Å²) in [5, 5.41) is -0.407. The van der Waals surface area contributed by atoms with E-state index in [0.29, 0.717) is 5.56 Å². The molecule has 2 aromatic rings. The summed E-state index contributed by atoms with van der Waals surface area (Å²) in [5.41, 5.74) is 4.54. The first-order chi connectivity index (χ1) is 10.3. The molecular formula is C18H27Cl2N2NaO2. The molecule has 25 heavy (non-hydrogen) atoms. The van der Waals surface area contributed by atoms with Crippen LogP contribution in [0, 0.1) is 6.92 Å². The van der Waals surface area contributed by atoms with Gasteiger partial charge in [0.1, 0.15) is 0 Å². The number of hydrogen-bond donors (Lipinski definition) is 2. The van der Waals surface area contributed by atoms with Crippen LogP contribution in [0.4, 0.5) is 0 Å². The first-order valence-corrected chi connectivity index (χ1v) is 7.38. The summed E-state index contributed by atoms with van der Waals surface area (Å²) in [5.74, 6) is 5.06. The van der Waals surface area contributed by atoms with Crippen LogP contribution in [0.25, 0.3) is 0 Å². The number of nitrogens with one attached hydrogen (secondary N) is 1. The number of aryl methyl sites for hydroxylation is 1. The molecular weight excluding hydrogens is 370 g/mol. The SMILES string of the molecule is CC(C)(C)NN.Cc1ccccc1.Cl.O=C(Cl)c1ccccc1.[Na+].[OH-]. The van der Waals surface area contributed by atoms with Crippen LogP contribution in [0.5, 0.6) is 0 Å². The standard InChI is InChI=1S/C7H5ClO.C7H8.C4H12N2.ClH.Na.H2O/c8-7(9)6-4-2-1-3-5-6;1-7-5-3-2-4-6-7;1-4(2,3)6-5;;;/h1-5H;2-6H,1H3;6H,5H2,1-3H3;1H;;1H2/q;;;;+1;/p-1. The molecule has 0 saturated carbocycles. The molecule has 0 aliphatic rings. The maximum atomic E-state index is 10.4. The molecule has 0 fully saturated rings. The van der Waals surface area contributed by atoms with Gasteiger partial charge in [-0.05, 0) is 39.3 Å². The van der Waals surface area contributed by atoms with Gasteiger partial charge in [0, 0.05) is 11.1 Å². The Kier molecular flexibility index (Phi) is 23.7. The molecule has 2 rings (SSSR count). The molecule has 0 unspecified atom stereocenters. The Bertz CT molecular complexity index is 536.